The van der Waals surface area contributed by atoms with Gasteiger partial charge in [-0.2, -0.15) is 0 Å². The first-order valence-electron chi connectivity index (χ1n) is 5.77. The minimum Gasteiger partial charge on any atom is -0.250 e. The molecule has 1 aromatic rings. The first-order chi connectivity index (χ1) is 6.74. The third-order valence-electron chi connectivity index (χ3n) is 2.62. The van der Waals surface area contributed by atoms with Crippen LogP contribution in [-0.2, 0) is 0 Å². The van der Waals surface area contributed by atoms with Gasteiger partial charge in [0.2, 0.25) is 6.33 Å². The summed E-state index contributed by atoms with van der Waals surface area (Å²) in [5, 5.41) is 0. The van der Waals surface area contributed by atoms with Gasteiger partial charge in [-0.15, -0.1) is 0 Å². The van der Waals surface area contributed by atoms with E-state index in [1.165, 1.54) is 25.7 Å². The summed E-state index contributed by atoms with van der Waals surface area (Å²) in [6, 6.07) is 0.682. The number of hydrogen-bond acceptors (Lipinski definition) is 0. The van der Waals surface area contributed by atoms with Crippen LogP contribution in [0.4, 0.5) is 0 Å². The maximum Gasteiger partial charge on any atom is 0.241 e. The van der Waals surface area contributed by atoms with Gasteiger partial charge in [-0.3, -0.25) is 4.98 Å². The van der Waals surface area contributed by atoms with Gasteiger partial charge in [0, 0.05) is 0 Å². The molecule has 0 fully saturated rings. The summed E-state index contributed by atoms with van der Waals surface area (Å²) < 4.78 is 2.32. The summed E-state index contributed by atoms with van der Waals surface area (Å²) in [6.45, 7) is 6.85. The zero-order chi connectivity index (χ0) is 10.4. The zero-order valence-corrected chi connectivity index (χ0v) is 9.66. The van der Waals surface area contributed by atoms with E-state index >= 15 is 0 Å². The number of hydrogen-bond donors (Lipinski definition) is 1. The van der Waals surface area contributed by atoms with Gasteiger partial charge < -0.3 is 0 Å². The highest BCUT2D eigenvalue weighted by atomic mass is 15.0. The van der Waals surface area contributed by atoms with E-state index < -0.39 is 0 Å². The van der Waals surface area contributed by atoms with Crippen LogP contribution in [0.15, 0.2) is 18.7 Å². The highest BCUT2D eigenvalue weighted by Crippen LogP contribution is 2.17. The fourth-order valence-electron chi connectivity index (χ4n) is 1.90. The maximum atomic E-state index is 3.12. The molecule has 1 N–H and O–H groups in total. The zero-order valence-electron chi connectivity index (χ0n) is 9.66. The Balaban J connectivity index is 2.53. The van der Waals surface area contributed by atoms with Crippen molar-refractivity contribution in [2.45, 2.75) is 52.5 Å². The second-order valence-corrected chi connectivity index (χ2v) is 4.48. The molecular weight excluding hydrogens is 172 g/mol. The van der Waals surface area contributed by atoms with Crippen LogP contribution in [0.2, 0.25) is 0 Å². The minimum absolute atomic E-state index is 0.682. The topological polar surface area (TPSA) is 19.7 Å². The molecule has 0 aliphatic rings. The van der Waals surface area contributed by atoms with E-state index in [9.17, 15) is 0 Å². The number of nitrogens with zero attached hydrogens (tertiary/aromatic N) is 1. The lowest BCUT2D eigenvalue weighted by molar-refractivity contribution is -0.724. The molecule has 0 aliphatic heterocycles. The number of aromatic amines is 1. The van der Waals surface area contributed by atoms with Crippen LogP contribution < -0.4 is 4.57 Å². The Morgan fingerprint density at radius 3 is 2.64 bits per heavy atom. The standard InChI is InChI=1S/C12H22N2/c1-4-5-6-12(9-11(2)3)14-8-7-13-10-14/h7-8,10-12H,4-6,9H2,1-3H3/p+1. The van der Waals surface area contributed by atoms with Gasteiger partial charge in [-0.1, -0.05) is 27.2 Å². The van der Waals surface area contributed by atoms with Crippen molar-refractivity contribution < 1.29 is 4.57 Å². The SMILES string of the molecule is CCCCC(CC(C)C)[n+]1cc[nH]c1. The lowest BCUT2D eigenvalue weighted by Crippen LogP contribution is -2.37. The molecule has 0 saturated heterocycles. The molecule has 0 radical (unpaired) electrons. The van der Waals surface area contributed by atoms with Crippen molar-refractivity contribution in [3.63, 3.8) is 0 Å². The molecule has 14 heavy (non-hydrogen) atoms. The van der Waals surface area contributed by atoms with Gasteiger partial charge in [-0.05, 0) is 25.2 Å². The van der Waals surface area contributed by atoms with Crippen molar-refractivity contribution in [2.75, 3.05) is 0 Å². The average molecular weight is 195 g/mol. The normalized spacial score (nSPS) is 13.4. The Hall–Kier alpha value is -0.790. The Morgan fingerprint density at radius 1 is 1.36 bits per heavy atom. The first kappa shape index (κ1) is 11.3. The molecule has 2 heteroatoms. The highest BCUT2D eigenvalue weighted by Gasteiger charge is 2.16. The third kappa shape index (κ3) is 3.52. The molecule has 2 nitrogen and oxygen atoms in total. The Kier molecular flexibility index (Phi) is 4.71. The minimum atomic E-state index is 0.682. The van der Waals surface area contributed by atoms with Crippen molar-refractivity contribution in [1.29, 1.82) is 0 Å². The molecule has 1 unspecified atom stereocenters. The summed E-state index contributed by atoms with van der Waals surface area (Å²) in [6.07, 6.45) is 11.4. The molecule has 0 spiro atoms. The lowest BCUT2D eigenvalue weighted by Gasteiger charge is -2.15. The summed E-state index contributed by atoms with van der Waals surface area (Å²) in [5.41, 5.74) is 0. The molecule has 1 rings (SSSR count). The fourth-order valence-corrected chi connectivity index (χ4v) is 1.90. The Bertz CT molecular complexity index is 226. The van der Waals surface area contributed by atoms with Crippen LogP contribution in [0.5, 0.6) is 0 Å². The molecule has 1 atom stereocenters. The lowest BCUT2D eigenvalue weighted by atomic mass is 9.99. The van der Waals surface area contributed by atoms with E-state index in [1.54, 1.807) is 0 Å². The number of aromatic nitrogens is 2. The maximum absolute atomic E-state index is 3.12. The van der Waals surface area contributed by atoms with Crippen molar-refractivity contribution in [2.24, 2.45) is 5.92 Å². The average Bonchev–Trinajstić information content (AvgIpc) is 2.64. The number of imidazole rings is 1. The van der Waals surface area contributed by atoms with Gasteiger partial charge in [0.15, 0.2) is 0 Å². The first-order valence-corrected chi connectivity index (χ1v) is 5.77. The molecule has 0 amide bonds. The molecule has 1 aromatic heterocycles. The van der Waals surface area contributed by atoms with E-state index in [0.29, 0.717) is 6.04 Å². The largest absolute Gasteiger partial charge is 0.250 e. The van der Waals surface area contributed by atoms with Gasteiger partial charge in [-0.25, -0.2) is 4.57 Å². The van der Waals surface area contributed by atoms with Crippen LogP contribution in [0.1, 0.15) is 52.5 Å². The van der Waals surface area contributed by atoms with Crippen molar-refractivity contribution in [3.05, 3.63) is 18.7 Å². The van der Waals surface area contributed by atoms with E-state index in [4.69, 9.17) is 0 Å². The van der Waals surface area contributed by atoms with Gasteiger partial charge in [0.05, 0.1) is 0 Å². The molecule has 80 valence electrons. The van der Waals surface area contributed by atoms with E-state index in [1.807, 2.05) is 6.20 Å². The van der Waals surface area contributed by atoms with Crippen LogP contribution in [0.25, 0.3) is 0 Å². The number of nitrogens with one attached hydrogen (secondary N) is 1. The molecule has 0 saturated carbocycles. The summed E-state index contributed by atoms with van der Waals surface area (Å²) in [4.78, 5) is 3.12. The Labute approximate surface area is 87.4 Å². The number of H-pyrrole nitrogens is 1. The molecular formula is C12H23N2+. The van der Waals surface area contributed by atoms with Gasteiger partial charge in [0.25, 0.3) is 0 Å². The van der Waals surface area contributed by atoms with Crippen LogP contribution >= 0.6 is 0 Å². The van der Waals surface area contributed by atoms with Gasteiger partial charge in [0.1, 0.15) is 18.4 Å². The summed E-state index contributed by atoms with van der Waals surface area (Å²) >= 11 is 0. The van der Waals surface area contributed by atoms with Gasteiger partial charge >= 0.3 is 0 Å². The van der Waals surface area contributed by atoms with E-state index in [0.717, 1.165) is 5.92 Å². The van der Waals surface area contributed by atoms with Crippen molar-refractivity contribution in [1.82, 2.24) is 4.98 Å². The highest BCUT2D eigenvalue weighted by molar-refractivity contribution is 4.61. The van der Waals surface area contributed by atoms with Crippen LogP contribution in [0.3, 0.4) is 0 Å². The third-order valence-corrected chi connectivity index (χ3v) is 2.62. The molecule has 0 bridgehead atoms. The summed E-state index contributed by atoms with van der Waals surface area (Å²) in [7, 11) is 0. The fraction of sp³-hybridized carbons (Fsp3) is 0.750. The predicted octanol–water partition coefficient (Wildman–Crippen LogP) is 3.08. The molecule has 1 heterocycles. The smallest absolute Gasteiger partial charge is 0.241 e. The van der Waals surface area contributed by atoms with Crippen LogP contribution in [0, 0.1) is 5.92 Å². The van der Waals surface area contributed by atoms with Crippen molar-refractivity contribution in [3.8, 4) is 0 Å². The molecule has 0 aliphatic carbocycles. The van der Waals surface area contributed by atoms with E-state index in [-0.39, 0.29) is 0 Å². The predicted molar refractivity (Wildman–Crippen MR) is 59.0 cm³/mol. The monoisotopic (exact) mass is 195 g/mol. The quantitative estimate of drug-likeness (QED) is 0.673. The number of rotatable bonds is 6. The summed E-state index contributed by atoms with van der Waals surface area (Å²) in [5.74, 6) is 0.777. The van der Waals surface area contributed by atoms with Crippen LogP contribution in [-0.4, -0.2) is 4.98 Å². The molecule has 0 aromatic carbocycles. The Morgan fingerprint density at radius 2 is 2.14 bits per heavy atom. The van der Waals surface area contributed by atoms with E-state index in [2.05, 4.69) is 42.8 Å². The number of unbranched alkanes of at least 4 members (excludes halogenated alkanes) is 1. The van der Waals surface area contributed by atoms with Crippen molar-refractivity contribution >= 4 is 0 Å². The second-order valence-electron chi connectivity index (χ2n) is 4.48. The second kappa shape index (κ2) is 5.84.